The predicted molar refractivity (Wildman–Crippen MR) is 193 cm³/mol. The van der Waals surface area contributed by atoms with Gasteiger partial charge in [0.05, 0.1) is 0 Å². The Morgan fingerprint density at radius 3 is 1.62 bits per heavy atom. The first-order chi connectivity index (χ1) is 22.0. The van der Waals surface area contributed by atoms with E-state index in [-0.39, 0.29) is 5.41 Å². The van der Waals surface area contributed by atoms with Gasteiger partial charge in [0.1, 0.15) is 0 Å². The van der Waals surface area contributed by atoms with Crippen molar-refractivity contribution < 1.29 is 4.57 Å². The van der Waals surface area contributed by atoms with E-state index in [0.29, 0.717) is 0 Å². The molecule has 8 aromatic rings. The van der Waals surface area contributed by atoms with Crippen molar-refractivity contribution >= 4 is 66.1 Å². The molecule has 0 amide bonds. The largest absolute Gasteiger partial charge is 0.309 e. The van der Waals surface area contributed by atoms with Crippen molar-refractivity contribution in [3.63, 3.8) is 0 Å². The normalized spacial score (nSPS) is 13.8. The van der Waals surface area contributed by atoms with Crippen molar-refractivity contribution in [2.75, 3.05) is 0 Å². The Labute approximate surface area is 263 Å². The topological polar surface area (TPSA) is 17.1 Å². The maximum absolute atomic E-state index is 15.4. The third-order valence-corrected chi connectivity index (χ3v) is 13.1. The van der Waals surface area contributed by atoms with E-state index >= 15 is 4.57 Å². The average Bonchev–Trinajstić information content (AvgIpc) is 3.35. The maximum Gasteiger partial charge on any atom is 0.171 e. The number of hydrogen-bond donors (Lipinski definition) is 0. The first kappa shape index (κ1) is 26.4. The van der Waals surface area contributed by atoms with Gasteiger partial charge >= 0.3 is 0 Å². The molecule has 0 saturated heterocycles. The fourth-order valence-corrected chi connectivity index (χ4v) is 10.8. The van der Waals surface area contributed by atoms with Crippen LogP contribution in [0.15, 0.2) is 152 Å². The van der Waals surface area contributed by atoms with E-state index in [1.54, 1.807) is 0 Å². The lowest BCUT2D eigenvalue weighted by atomic mass is 9.77. The van der Waals surface area contributed by atoms with Crippen molar-refractivity contribution in [1.29, 1.82) is 0 Å². The minimum atomic E-state index is -3.14. The zero-order chi connectivity index (χ0) is 30.3. The van der Waals surface area contributed by atoms with Gasteiger partial charge in [-0.15, -0.1) is 0 Å². The second-order valence-corrected chi connectivity index (χ2v) is 15.5. The smallest absolute Gasteiger partial charge is 0.171 e. The summed E-state index contributed by atoms with van der Waals surface area (Å²) in [6.07, 6.45) is 0. The Morgan fingerprint density at radius 1 is 0.444 bits per heavy atom. The second-order valence-electron chi connectivity index (χ2n) is 12.8. The van der Waals surface area contributed by atoms with E-state index < -0.39 is 7.14 Å². The molecule has 0 heterocycles. The second kappa shape index (κ2) is 9.51. The molecule has 0 bridgehead atoms. The van der Waals surface area contributed by atoms with Gasteiger partial charge < -0.3 is 4.57 Å². The zero-order valence-corrected chi connectivity index (χ0v) is 26.2. The Morgan fingerprint density at radius 2 is 0.956 bits per heavy atom. The van der Waals surface area contributed by atoms with Crippen molar-refractivity contribution in [3.8, 4) is 11.1 Å². The van der Waals surface area contributed by atoms with Crippen LogP contribution in [0.5, 0.6) is 0 Å². The van der Waals surface area contributed by atoms with E-state index in [2.05, 4.69) is 105 Å². The molecule has 0 N–H and O–H groups in total. The van der Waals surface area contributed by atoms with Crippen LogP contribution < -0.4 is 15.9 Å². The van der Waals surface area contributed by atoms with Crippen LogP contribution in [0, 0.1) is 0 Å². The van der Waals surface area contributed by atoms with Gasteiger partial charge in [0, 0.05) is 21.3 Å². The van der Waals surface area contributed by atoms with Crippen LogP contribution in [0.2, 0.25) is 0 Å². The molecule has 1 aliphatic carbocycles. The summed E-state index contributed by atoms with van der Waals surface area (Å²) in [5.41, 5.74) is 5.31. The van der Waals surface area contributed by atoms with Gasteiger partial charge in [-0.1, -0.05) is 159 Å². The molecule has 0 saturated carbocycles. The fraction of sp³-hybridized carbons (Fsp3) is 0.0698. The van der Waals surface area contributed by atoms with Crippen LogP contribution >= 0.6 is 7.14 Å². The number of hydrogen-bond acceptors (Lipinski definition) is 1. The van der Waals surface area contributed by atoms with Crippen LogP contribution in [0.4, 0.5) is 0 Å². The lowest BCUT2D eigenvalue weighted by Crippen LogP contribution is -2.24. The van der Waals surface area contributed by atoms with Gasteiger partial charge in [-0.05, 0) is 71.4 Å². The van der Waals surface area contributed by atoms with Crippen molar-refractivity contribution in [2.24, 2.45) is 0 Å². The zero-order valence-electron chi connectivity index (χ0n) is 25.3. The van der Waals surface area contributed by atoms with E-state index in [9.17, 15) is 0 Å². The van der Waals surface area contributed by atoms with Crippen LogP contribution in [0.1, 0.15) is 25.0 Å². The molecule has 8 aromatic carbocycles. The maximum atomic E-state index is 15.4. The van der Waals surface area contributed by atoms with E-state index in [4.69, 9.17) is 0 Å². The van der Waals surface area contributed by atoms with Crippen LogP contribution in [0.3, 0.4) is 0 Å². The SMILES string of the molecule is CC1(C)c2ccccc2-c2c1c1c3ccccc3c3cc(P(=O)(c4ccccc4)c4ccccc4)ccc3c1c1ccccc21. The van der Waals surface area contributed by atoms with E-state index in [0.717, 1.165) is 21.3 Å². The summed E-state index contributed by atoms with van der Waals surface area (Å²) in [5, 5.41) is 12.5. The average molecular weight is 595 g/mol. The first-order valence-corrected chi connectivity index (χ1v) is 17.4. The van der Waals surface area contributed by atoms with E-state index in [1.807, 2.05) is 60.7 Å². The highest BCUT2D eigenvalue weighted by Crippen LogP contribution is 2.57. The molecule has 0 aromatic heterocycles. The fourth-order valence-electron chi connectivity index (χ4n) is 8.10. The molecule has 214 valence electrons. The van der Waals surface area contributed by atoms with Gasteiger partial charge in [-0.25, -0.2) is 0 Å². The summed E-state index contributed by atoms with van der Waals surface area (Å²) in [4.78, 5) is 0. The molecule has 1 aliphatic rings. The summed E-state index contributed by atoms with van der Waals surface area (Å²) in [7, 11) is -3.14. The number of benzene rings is 8. The van der Waals surface area contributed by atoms with Gasteiger partial charge in [-0.3, -0.25) is 0 Å². The highest BCUT2D eigenvalue weighted by atomic mass is 31.2. The lowest BCUT2D eigenvalue weighted by molar-refractivity contribution is 0.592. The summed E-state index contributed by atoms with van der Waals surface area (Å²) in [6, 6.07) is 53.2. The quantitative estimate of drug-likeness (QED) is 0.147. The molecule has 2 heteroatoms. The third kappa shape index (κ3) is 3.54. The molecule has 45 heavy (non-hydrogen) atoms. The summed E-state index contributed by atoms with van der Waals surface area (Å²) in [5.74, 6) is 0. The molecular weight excluding hydrogens is 563 g/mol. The minimum absolute atomic E-state index is 0.166. The van der Waals surface area contributed by atoms with Gasteiger partial charge in [-0.2, -0.15) is 0 Å². The Bertz CT molecular complexity index is 2480. The Balaban J connectivity index is 1.47. The van der Waals surface area contributed by atoms with Crippen molar-refractivity contribution in [2.45, 2.75) is 19.3 Å². The number of fused-ring (bicyclic) bond motifs is 13. The molecule has 0 fully saturated rings. The van der Waals surface area contributed by atoms with Gasteiger partial charge in [0.2, 0.25) is 0 Å². The molecule has 9 rings (SSSR count). The molecule has 0 atom stereocenters. The number of rotatable bonds is 3. The summed E-state index contributed by atoms with van der Waals surface area (Å²) < 4.78 is 15.4. The van der Waals surface area contributed by atoms with Crippen molar-refractivity contribution in [1.82, 2.24) is 0 Å². The van der Waals surface area contributed by atoms with Crippen LogP contribution in [0.25, 0.3) is 54.2 Å². The molecule has 0 radical (unpaired) electrons. The van der Waals surface area contributed by atoms with Gasteiger partial charge in [0.25, 0.3) is 0 Å². The highest BCUT2D eigenvalue weighted by molar-refractivity contribution is 7.85. The minimum Gasteiger partial charge on any atom is -0.309 e. The third-order valence-electron chi connectivity index (χ3n) is 10.1. The molecular formula is C43H31OP. The monoisotopic (exact) mass is 594 g/mol. The standard InChI is InChI=1S/C43H31OP/c1-43(2)38-24-14-13-23-36(38)40-34-22-12-11-21-33(34)39-35-26-25-30(27-37(35)31-19-9-10-20-32(31)41(39)42(40)43)45(44,28-15-5-3-6-16-28)29-17-7-4-8-18-29/h3-27H,1-2H3. The first-order valence-electron chi connectivity index (χ1n) is 15.6. The molecule has 0 spiro atoms. The van der Waals surface area contributed by atoms with E-state index in [1.165, 1.54) is 60.0 Å². The summed E-state index contributed by atoms with van der Waals surface area (Å²) in [6.45, 7) is 4.76. The predicted octanol–water partition coefficient (Wildman–Crippen LogP) is 10.2. The highest BCUT2D eigenvalue weighted by Gasteiger charge is 2.39. The Kier molecular flexibility index (Phi) is 5.59. The lowest BCUT2D eigenvalue weighted by Gasteiger charge is -2.26. The molecule has 0 unspecified atom stereocenters. The summed E-state index contributed by atoms with van der Waals surface area (Å²) >= 11 is 0. The molecule has 0 aliphatic heterocycles. The van der Waals surface area contributed by atoms with Gasteiger partial charge in [0.15, 0.2) is 7.14 Å². The van der Waals surface area contributed by atoms with Crippen molar-refractivity contribution in [3.05, 3.63) is 163 Å². The van der Waals surface area contributed by atoms with Crippen LogP contribution in [-0.4, -0.2) is 0 Å². The Hall–Kier alpha value is -4.97. The molecule has 1 nitrogen and oxygen atoms in total. The van der Waals surface area contributed by atoms with Crippen LogP contribution in [-0.2, 0) is 9.98 Å².